The molecule has 0 saturated carbocycles. The van der Waals surface area contributed by atoms with E-state index in [4.69, 9.17) is 0 Å². The van der Waals surface area contributed by atoms with Gasteiger partial charge in [-0.1, -0.05) is 29.8 Å². The van der Waals surface area contributed by atoms with Crippen LogP contribution in [0.3, 0.4) is 0 Å². The predicted octanol–water partition coefficient (Wildman–Crippen LogP) is 4.41. The molecule has 4 aromatic rings. The zero-order valence-electron chi connectivity index (χ0n) is 16.1. The minimum atomic E-state index is -3.07. The van der Waals surface area contributed by atoms with E-state index < -0.39 is 30.1 Å². The molecule has 160 valence electrons. The van der Waals surface area contributed by atoms with E-state index in [0.29, 0.717) is 22.8 Å². The van der Waals surface area contributed by atoms with Crippen molar-refractivity contribution in [1.29, 1.82) is 0 Å². The largest absolute Gasteiger partial charge is 0.318 e. The summed E-state index contributed by atoms with van der Waals surface area (Å²) in [6, 6.07) is 9.52. The van der Waals surface area contributed by atoms with Crippen molar-refractivity contribution in [2.45, 2.75) is 26.3 Å². The van der Waals surface area contributed by atoms with Gasteiger partial charge in [0.25, 0.3) is 18.8 Å². The SMILES string of the molecule is Cc1cccc(Cn2cc(NC(=O)c3cc4nc(C(F)F)cc(C(F)F)n4n3)cn2)c1. The summed E-state index contributed by atoms with van der Waals surface area (Å²) in [5.74, 6) is -0.709. The molecule has 3 aromatic heterocycles. The van der Waals surface area contributed by atoms with Crippen molar-refractivity contribution < 1.29 is 22.4 Å². The molecule has 0 fully saturated rings. The first-order chi connectivity index (χ1) is 14.8. The average Bonchev–Trinajstić information content (AvgIpc) is 3.33. The molecule has 3 heterocycles. The Bertz CT molecular complexity index is 1250. The second-order valence-electron chi connectivity index (χ2n) is 6.88. The molecule has 0 aliphatic carbocycles. The van der Waals surface area contributed by atoms with Gasteiger partial charge in [0.15, 0.2) is 11.3 Å². The van der Waals surface area contributed by atoms with Gasteiger partial charge in [-0.25, -0.2) is 27.1 Å². The fraction of sp³-hybridized carbons (Fsp3) is 0.200. The van der Waals surface area contributed by atoms with Gasteiger partial charge in [0.05, 0.1) is 18.4 Å². The minimum Gasteiger partial charge on any atom is -0.318 e. The number of amides is 1. The molecule has 0 aliphatic heterocycles. The Morgan fingerprint density at radius 2 is 1.94 bits per heavy atom. The van der Waals surface area contributed by atoms with Crippen LogP contribution in [0, 0.1) is 6.92 Å². The number of alkyl halides is 4. The second-order valence-corrected chi connectivity index (χ2v) is 6.88. The maximum atomic E-state index is 13.3. The van der Waals surface area contributed by atoms with E-state index in [0.717, 1.165) is 17.2 Å². The van der Waals surface area contributed by atoms with Gasteiger partial charge in [-0.15, -0.1) is 0 Å². The van der Waals surface area contributed by atoms with Crippen molar-refractivity contribution in [3.63, 3.8) is 0 Å². The van der Waals surface area contributed by atoms with Crippen LogP contribution in [-0.4, -0.2) is 30.3 Å². The van der Waals surface area contributed by atoms with Crippen LogP contribution in [0.15, 0.2) is 48.8 Å². The molecule has 1 N–H and O–H groups in total. The molecule has 1 amide bonds. The Kier molecular flexibility index (Phi) is 5.40. The molecule has 4 rings (SSSR count). The topological polar surface area (TPSA) is 77.1 Å². The van der Waals surface area contributed by atoms with E-state index in [1.807, 2.05) is 31.2 Å². The quantitative estimate of drug-likeness (QED) is 0.458. The number of nitrogens with zero attached hydrogens (tertiary/aromatic N) is 5. The number of nitrogens with one attached hydrogen (secondary N) is 1. The normalized spacial score (nSPS) is 11.6. The Morgan fingerprint density at radius 3 is 2.65 bits per heavy atom. The zero-order chi connectivity index (χ0) is 22.1. The van der Waals surface area contributed by atoms with E-state index in [1.54, 1.807) is 10.9 Å². The van der Waals surface area contributed by atoms with Crippen molar-refractivity contribution in [3.05, 3.63) is 77.0 Å². The number of halogens is 4. The van der Waals surface area contributed by atoms with Crippen LogP contribution in [0.5, 0.6) is 0 Å². The van der Waals surface area contributed by atoms with Crippen molar-refractivity contribution in [1.82, 2.24) is 24.4 Å². The van der Waals surface area contributed by atoms with Crippen LogP contribution < -0.4 is 5.32 Å². The third kappa shape index (κ3) is 4.39. The molecule has 0 unspecified atom stereocenters. The van der Waals surface area contributed by atoms with E-state index >= 15 is 0 Å². The van der Waals surface area contributed by atoms with Gasteiger partial charge in [-0.05, 0) is 18.6 Å². The smallest absolute Gasteiger partial charge is 0.280 e. The number of carbonyl (C=O) groups is 1. The maximum Gasteiger partial charge on any atom is 0.280 e. The van der Waals surface area contributed by atoms with Gasteiger partial charge in [0.1, 0.15) is 11.4 Å². The molecule has 31 heavy (non-hydrogen) atoms. The summed E-state index contributed by atoms with van der Waals surface area (Å²) >= 11 is 0. The fourth-order valence-electron chi connectivity index (χ4n) is 3.10. The summed E-state index contributed by atoms with van der Waals surface area (Å²) in [5, 5.41) is 10.5. The number of anilines is 1. The number of hydrogen-bond acceptors (Lipinski definition) is 4. The lowest BCUT2D eigenvalue weighted by molar-refractivity contribution is 0.102. The summed E-state index contributed by atoms with van der Waals surface area (Å²) in [5.41, 5.74) is 0.404. The highest BCUT2D eigenvalue weighted by atomic mass is 19.3. The molecule has 11 heteroatoms. The lowest BCUT2D eigenvalue weighted by Crippen LogP contribution is -2.12. The molecule has 0 saturated heterocycles. The highest BCUT2D eigenvalue weighted by Crippen LogP contribution is 2.25. The number of aromatic nitrogens is 5. The van der Waals surface area contributed by atoms with Crippen molar-refractivity contribution in [2.24, 2.45) is 0 Å². The lowest BCUT2D eigenvalue weighted by atomic mass is 10.1. The van der Waals surface area contributed by atoms with Gasteiger partial charge in [-0.3, -0.25) is 9.48 Å². The third-order valence-electron chi connectivity index (χ3n) is 4.47. The van der Waals surface area contributed by atoms with E-state index in [-0.39, 0.29) is 11.3 Å². The number of fused-ring (bicyclic) bond motifs is 1. The summed E-state index contributed by atoms with van der Waals surface area (Å²) in [6.45, 7) is 2.47. The van der Waals surface area contributed by atoms with Crippen LogP contribution in [0.25, 0.3) is 5.65 Å². The molecule has 7 nitrogen and oxygen atoms in total. The van der Waals surface area contributed by atoms with Gasteiger partial charge >= 0.3 is 0 Å². The first kappa shape index (κ1) is 20.5. The first-order valence-electron chi connectivity index (χ1n) is 9.16. The summed E-state index contributed by atoms with van der Waals surface area (Å²) < 4.78 is 54.7. The van der Waals surface area contributed by atoms with E-state index in [2.05, 4.69) is 20.5 Å². The van der Waals surface area contributed by atoms with Crippen LogP contribution >= 0.6 is 0 Å². The monoisotopic (exact) mass is 432 g/mol. The van der Waals surface area contributed by atoms with Crippen LogP contribution in [0.1, 0.15) is 45.9 Å². The molecule has 0 aliphatic rings. The van der Waals surface area contributed by atoms with E-state index in [9.17, 15) is 22.4 Å². The molecular weight excluding hydrogens is 416 g/mol. The number of carbonyl (C=O) groups excluding carboxylic acids is 1. The second kappa shape index (κ2) is 8.17. The summed E-state index contributed by atoms with van der Waals surface area (Å²) in [4.78, 5) is 16.1. The molecule has 1 aromatic carbocycles. The van der Waals surface area contributed by atoms with E-state index in [1.165, 1.54) is 6.20 Å². The minimum absolute atomic E-state index is 0.243. The number of hydrogen-bond donors (Lipinski definition) is 1. The van der Waals surface area contributed by atoms with Crippen LogP contribution in [0.4, 0.5) is 23.2 Å². The van der Waals surface area contributed by atoms with Gasteiger partial charge < -0.3 is 5.32 Å². The van der Waals surface area contributed by atoms with Crippen molar-refractivity contribution in [2.75, 3.05) is 5.32 Å². The Hall–Kier alpha value is -3.76. The molecule has 0 spiro atoms. The van der Waals surface area contributed by atoms with Gasteiger partial charge in [0.2, 0.25) is 0 Å². The lowest BCUT2D eigenvalue weighted by Gasteiger charge is -2.06. The molecular formula is C20H16F4N6O. The first-order valence-corrected chi connectivity index (χ1v) is 9.16. The zero-order valence-corrected chi connectivity index (χ0v) is 16.1. The highest BCUT2D eigenvalue weighted by molar-refractivity contribution is 6.03. The molecule has 0 bridgehead atoms. The van der Waals surface area contributed by atoms with Crippen LogP contribution in [-0.2, 0) is 6.54 Å². The highest BCUT2D eigenvalue weighted by Gasteiger charge is 2.22. The number of benzene rings is 1. The van der Waals surface area contributed by atoms with Crippen molar-refractivity contribution >= 4 is 17.2 Å². The summed E-state index contributed by atoms with van der Waals surface area (Å²) in [6.07, 6.45) is -3.07. The fourth-order valence-corrected chi connectivity index (χ4v) is 3.10. The number of rotatable bonds is 6. The van der Waals surface area contributed by atoms with Crippen molar-refractivity contribution in [3.8, 4) is 0 Å². The van der Waals surface area contributed by atoms with Gasteiger partial charge in [-0.2, -0.15) is 10.2 Å². The molecule has 0 radical (unpaired) electrons. The standard InChI is InChI=1S/C20H16F4N6O/c1-11-3-2-4-12(5-11)9-29-10-13(8-25-29)26-20(31)15-7-17-27-14(18(21)22)6-16(19(23)24)30(17)28-15/h2-8,10,18-19H,9H2,1H3,(H,26,31). The third-order valence-corrected chi connectivity index (χ3v) is 4.47. The maximum absolute atomic E-state index is 13.3. The Balaban J connectivity index is 1.55. The Morgan fingerprint density at radius 1 is 1.13 bits per heavy atom. The number of aryl methyl sites for hydroxylation is 1. The van der Waals surface area contributed by atoms with Crippen LogP contribution in [0.2, 0.25) is 0 Å². The predicted molar refractivity (Wildman–Crippen MR) is 103 cm³/mol. The Labute approximate surface area is 173 Å². The average molecular weight is 432 g/mol. The summed E-state index contributed by atoms with van der Waals surface area (Å²) in [7, 11) is 0. The molecule has 0 atom stereocenters. The van der Waals surface area contributed by atoms with Gasteiger partial charge in [0, 0.05) is 12.3 Å².